The first-order valence-corrected chi connectivity index (χ1v) is 8.98. The van der Waals surface area contributed by atoms with Gasteiger partial charge < -0.3 is 9.47 Å². The number of piperidine rings is 1. The van der Waals surface area contributed by atoms with E-state index in [4.69, 9.17) is 9.47 Å². The number of hydrogen-bond donors (Lipinski definition) is 0. The fourth-order valence-corrected chi connectivity index (χ4v) is 3.40. The Bertz CT molecular complexity index is 696. The average molecular weight is 337 g/mol. The molecule has 1 saturated heterocycles. The minimum atomic E-state index is 0.252. The van der Waals surface area contributed by atoms with Crippen LogP contribution in [0.5, 0.6) is 5.75 Å². The Morgan fingerprint density at radius 3 is 2.60 bits per heavy atom. The van der Waals surface area contributed by atoms with Crippen molar-refractivity contribution in [2.75, 3.05) is 27.5 Å². The van der Waals surface area contributed by atoms with E-state index in [2.05, 4.69) is 60.5 Å². The van der Waals surface area contributed by atoms with Crippen molar-refractivity contribution < 1.29 is 9.47 Å². The van der Waals surface area contributed by atoms with Gasteiger partial charge in [-0.25, -0.2) is 0 Å². The summed E-state index contributed by atoms with van der Waals surface area (Å²) in [5, 5.41) is 0. The molecule has 0 bridgehead atoms. The number of ether oxygens (including phenoxy) is 2. The van der Waals surface area contributed by atoms with Gasteiger partial charge in [0, 0.05) is 18.7 Å². The van der Waals surface area contributed by atoms with Gasteiger partial charge in [0.2, 0.25) is 0 Å². The molecule has 1 atom stereocenters. The lowest BCUT2D eigenvalue weighted by Gasteiger charge is -2.31. The van der Waals surface area contributed by atoms with E-state index in [9.17, 15) is 0 Å². The van der Waals surface area contributed by atoms with E-state index >= 15 is 0 Å². The molecule has 1 heterocycles. The Morgan fingerprint density at radius 1 is 1.08 bits per heavy atom. The maximum absolute atomic E-state index is 5.83. The van der Waals surface area contributed by atoms with Crippen LogP contribution in [0, 0.1) is 0 Å². The Labute approximate surface area is 150 Å². The van der Waals surface area contributed by atoms with Gasteiger partial charge in [-0.1, -0.05) is 61.0 Å². The molecule has 2 aromatic rings. The zero-order valence-electron chi connectivity index (χ0n) is 15.2. The van der Waals surface area contributed by atoms with E-state index in [1.165, 1.54) is 30.4 Å². The number of methoxy groups -OCH3 is 1. The Kier molecular flexibility index (Phi) is 6.26. The van der Waals surface area contributed by atoms with Crippen molar-refractivity contribution in [3.05, 3.63) is 71.8 Å². The third-order valence-corrected chi connectivity index (χ3v) is 4.78. The largest absolute Gasteiger partial charge is 0.467 e. The number of hydrogen-bond acceptors (Lipinski definition) is 3. The topological polar surface area (TPSA) is 21.7 Å². The molecule has 1 aliphatic heterocycles. The monoisotopic (exact) mass is 337 g/mol. The lowest BCUT2D eigenvalue weighted by atomic mass is 9.92. The molecule has 0 N–H and O–H groups in total. The van der Waals surface area contributed by atoms with Gasteiger partial charge in [0.05, 0.1) is 0 Å². The molecule has 0 amide bonds. The van der Waals surface area contributed by atoms with Crippen LogP contribution in [0.4, 0.5) is 0 Å². The van der Waals surface area contributed by atoms with E-state index < -0.39 is 0 Å². The number of para-hydroxylation sites is 1. The molecular weight excluding hydrogens is 310 g/mol. The maximum Gasteiger partial charge on any atom is 0.188 e. The van der Waals surface area contributed by atoms with Crippen LogP contribution in [-0.2, 0) is 4.74 Å². The van der Waals surface area contributed by atoms with Crippen LogP contribution in [-0.4, -0.2) is 38.4 Å². The summed E-state index contributed by atoms with van der Waals surface area (Å²) in [7, 11) is 3.86. The molecule has 0 saturated carbocycles. The second-order valence-electron chi connectivity index (χ2n) is 6.54. The zero-order chi connectivity index (χ0) is 17.5. The van der Waals surface area contributed by atoms with Crippen molar-refractivity contribution in [2.24, 2.45) is 0 Å². The predicted molar refractivity (Wildman–Crippen MR) is 103 cm³/mol. The Hall–Kier alpha value is -2.10. The van der Waals surface area contributed by atoms with Crippen LogP contribution in [0.3, 0.4) is 0 Å². The van der Waals surface area contributed by atoms with Crippen molar-refractivity contribution >= 4 is 5.57 Å². The van der Waals surface area contributed by atoms with Crippen LogP contribution in [0.15, 0.2) is 60.7 Å². The lowest BCUT2D eigenvalue weighted by molar-refractivity contribution is 0.0509. The van der Waals surface area contributed by atoms with Gasteiger partial charge in [0.25, 0.3) is 0 Å². The number of nitrogens with zero attached hydrogens (tertiary/aromatic N) is 1. The summed E-state index contributed by atoms with van der Waals surface area (Å²) in [5.74, 6) is 0.859. The van der Waals surface area contributed by atoms with Gasteiger partial charge in [0.15, 0.2) is 6.79 Å². The first kappa shape index (κ1) is 17.7. The van der Waals surface area contributed by atoms with E-state index in [1.54, 1.807) is 7.11 Å². The van der Waals surface area contributed by atoms with Crippen LogP contribution in [0.2, 0.25) is 0 Å². The number of likely N-dealkylation sites (N-methyl/N-ethyl adjacent to an activating group) is 1. The van der Waals surface area contributed by atoms with E-state index in [0.29, 0.717) is 6.04 Å². The summed E-state index contributed by atoms with van der Waals surface area (Å²) in [6, 6.07) is 19.2. The molecule has 0 aliphatic carbocycles. The van der Waals surface area contributed by atoms with E-state index in [0.717, 1.165) is 17.9 Å². The summed E-state index contributed by atoms with van der Waals surface area (Å²) in [6.45, 7) is 1.41. The lowest BCUT2D eigenvalue weighted by Crippen LogP contribution is -2.34. The third kappa shape index (κ3) is 4.50. The maximum atomic E-state index is 5.83. The zero-order valence-corrected chi connectivity index (χ0v) is 15.2. The first-order valence-electron chi connectivity index (χ1n) is 8.98. The van der Waals surface area contributed by atoms with Gasteiger partial charge >= 0.3 is 0 Å². The highest BCUT2D eigenvalue weighted by atomic mass is 16.7. The quantitative estimate of drug-likeness (QED) is 0.720. The molecule has 1 aliphatic rings. The van der Waals surface area contributed by atoms with Gasteiger partial charge in [-0.2, -0.15) is 0 Å². The van der Waals surface area contributed by atoms with Crippen LogP contribution in [0.1, 0.15) is 30.4 Å². The molecule has 3 rings (SSSR count). The summed E-state index contributed by atoms with van der Waals surface area (Å²) in [4.78, 5) is 2.45. The van der Waals surface area contributed by atoms with Crippen LogP contribution >= 0.6 is 0 Å². The van der Waals surface area contributed by atoms with Crippen LogP contribution < -0.4 is 4.74 Å². The Morgan fingerprint density at radius 2 is 1.84 bits per heavy atom. The molecule has 132 valence electrons. The summed E-state index contributed by atoms with van der Waals surface area (Å²) in [6.07, 6.45) is 6.18. The third-order valence-electron chi connectivity index (χ3n) is 4.78. The smallest absolute Gasteiger partial charge is 0.188 e. The molecule has 1 fully saturated rings. The van der Waals surface area contributed by atoms with Crippen molar-refractivity contribution in [3.8, 4) is 5.75 Å². The fourth-order valence-electron chi connectivity index (χ4n) is 3.40. The predicted octanol–water partition coefficient (Wildman–Crippen LogP) is 4.59. The van der Waals surface area contributed by atoms with Crippen LogP contribution in [0.25, 0.3) is 5.57 Å². The average Bonchev–Trinajstić information content (AvgIpc) is 2.67. The Balaban J connectivity index is 2.03. The van der Waals surface area contributed by atoms with Crippen molar-refractivity contribution in [1.82, 2.24) is 4.90 Å². The molecule has 3 heteroatoms. The molecule has 3 nitrogen and oxygen atoms in total. The van der Waals surface area contributed by atoms with Crippen molar-refractivity contribution in [2.45, 2.75) is 25.3 Å². The molecule has 2 aromatic carbocycles. The summed E-state index contributed by atoms with van der Waals surface area (Å²) in [5.41, 5.74) is 3.56. The second-order valence-corrected chi connectivity index (χ2v) is 6.54. The second kappa shape index (κ2) is 8.84. The normalized spacial score (nSPS) is 19.0. The minimum Gasteiger partial charge on any atom is -0.467 e. The number of likely N-dealkylation sites (tertiary alicyclic amines) is 1. The SMILES string of the molecule is COCOc1ccccc1/C(=C/C1CCCCN1C)c1ccccc1. The van der Waals surface area contributed by atoms with Gasteiger partial charge in [0.1, 0.15) is 5.75 Å². The fraction of sp³-hybridized carbons (Fsp3) is 0.364. The highest BCUT2D eigenvalue weighted by molar-refractivity contribution is 5.83. The van der Waals surface area contributed by atoms with Gasteiger partial charge in [-0.3, -0.25) is 4.90 Å². The van der Waals surface area contributed by atoms with Gasteiger partial charge in [-0.05, 0) is 43.6 Å². The number of rotatable bonds is 6. The molecule has 0 spiro atoms. The summed E-state index contributed by atoms with van der Waals surface area (Å²) >= 11 is 0. The van der Waals surface area contributed by atoms with Gasteiger partial charge in [-0.15, -0.1) is 0 Å². The summed E-state index contributed by atoms with van der Waals surface area (Å²) < 4.78 is 10.9. The molecule has 25 heavy (non-hydrogen) atoms. The highest BCUT2D eigenvalue weighted by Crippen LogP contribution is 2.33. The standard InChI is InChI=1S/C22H27NO2/c1-23-15-9-8-12-19(23)16-21(18-10-4-3-5-11-18)20-13-6-7-14-22(20)25-17-24-2/h3-7,10-11,13-14,16,19H,8-9,12,15,17H2,1-2H3/b21-16+. The molecule has 0 radical (unpaired) electrons. The molecule has 1 unspecified atom stereocenters. The van der Waals surface area contributed by atoms with E-state index in [1.807, 2.05) is 12.1 Å². The molecule has 0 aromatic heterocycles. The highest BCUT2D eigenvalue weighted by Gasteiger charge is 2.19. The minimum absolute atomic E-state index is 0.252. The van der Waals surface area contributed by atoms with Crippen molar-refractivity contribution in [3.63, 3.8) is 0 Å². The molecular formula is C22H27NO2. The van der Waals surface area contributed by atoms with E-state index in [-0.39, 0.29) is 6.79 Å². The first-order chi connectivity index (χ1) is 12.3. The number of benzene rings is 2. The van der Waals surface area contributed by atoms with Crippen molar-refractivity contribution in [1.29, 1.82) is 0 Å².